The van der Waals surface area contributed by atoms with Gasteiger partial charge in [-0.3, -0.25) is 4.98 Å². The zero-order valence-corrected chi connectivity index (χ0v) is 36.7. The molecule has 0 saturated carbocycles. The summed E-state index contributed by atoms with van der Waals surface area (Å²) in [5.74, 6) is 0. The fraction of sp³-hybridized carbons (Fsp3) is 0. The van der Waals surface area contributed by atoms with Crippen molar-refractivity contribution >= 4 is 88.5 Å². The fourth-order valence-corrected chi connectivity index (χ4v) is 9.68. The second-order valence-corrected chi connectivity index (χ2v) is 16.9. The van der Waals surface area contributed by atoms with E-state index < -0.39 is 0 Å². The molecule has 1 aromatic heterocycles. The fourth-order valence-electron chi connectivity index (χ4n) is 9.68. The highest BCUT2D eigenvalue weighted by Gasteiger charge is 2.23. The van der Waals surface area contributed by atoms with Crippen LogP contribution in [0, 0.1) is 0 Å². The lowest BCUT2D eigenvalue weighted by Crippen LogP contribution is -2.11. The van der Waals surface area contributed by atoms with Gasteiger partial charge in [0.15, 0.2) is 0 Å². The molecule has 12 rings (SSSR count). The van der Waals surface area contributed by atoms with Crippen LogP contribution in [0.25, 0.3) is 65.5 Å². The number of nitrogens with zero attached hydrogens (tertiary/aromatic N) is 3. The second-order valence-electron chi connectivity index (χ2n) is 16.9. The molecule has 0 spiro atoms. The minimum atomic E-state index is 0.902. The first-order chi connectivity index (χ1) is 33.2. The van der Waals surface area contributed by atoms with E-state index in [0.29, 0.717) is 0 Å². The van der Waals surface area contributed by atoms with Crippen molar-refractivity contribution in [1.29, 1.82) is 0 Å². The molecule has 0 saturated heterocycles. The van der Waals surface area contributed by atoms with Crippen LogP contribution in [0.2, 0.25) is 0 Å². The standard InChI is InChI=1S/C64H43N3/c1-5-18-45(19-6-1)46-26-17-27-50(33-32-46)63-60-42-57(66(53-28-9-3-10-29-53)55-36-34-47-20-13-15-24-51(47)40-55)38-39-59(60)62(49-22-7-2-8-23-49)61-43-58(44-65-64(61)63)67(54-30-11-4-12-31-54)56-37-35-48-21-14-16-25-52(48)41-56/h1-26,28-44H. The number of allylic oxidation sites excluding steroid dienone is 5. The van der Waals surface area contributed by atoms with Crippen molar-refractivity contribution in [1.82, 2.24) is 4.98 Å². The number of hydrogen-bond acceptors (Lipinski definition) is 3. The lowest BCUT2D eigenvalue weighted by Gasteiger charge is -2.28. The van der Waals surface area contributed by atoms with Crippen LogP contribution in [0.5, 0.6) is 0 Å². The van der Waals surface area contributed by atoms with E-state index in [-0.39, 0.29) is 0 Å². The highest BCUT2D eigenvalue weighted by molar-refractivity contribution is 6.20. The maximum absolute atomic E-state index is 5.58. The summed E-state index contributed by atoms with van der Waals surface area (Å²) in [6, 6.07) is 82.4. The van der Waals surface area contributed by atoms with Gasteiger partial charge in [-0.25, -0.2) is 0 Å². The van der Waals surface area contributed by atoms with Crippen LogP contribution in [-0.2, 0) is 0 Å². The lowest BCUT2D eigenvalue weighted by molar-refractivity contribution is 1.26. The van der Waals surface area contributed by atoms with Crippen molar-refractivity contribution in [2.24, 2.45) is 0 Å². The number of hydrogen-bond donors (Lipinski definition) is 0. The van der Waals surface area contributed by atoms with Gasteiger partial charge >= 0.3 is 0 Å². The Morgan fingerprint density at radius 3 is 1.45 bits per heavy atom. The molecule has 0 N–H and O–H groups in total. The minimum Gasteiger partial charge on any atom is -0.310 e. The van der Waals surface area contributed by atoms with Gasteiger partial charge in [-0.15, -0.1) is 5.73 Å². The highest BCUT2D eigenvalue weighted by Crippen LogP contribution is 2.47. The van der Waals surface area contributed by atoms with Gasteiger partial charge in [-0.05, 0) is 140 Å². The molecule has 1 aliphatic carbocycles. The van der Waals surface area contributed by atoms with E-state index in [2.05, 4.69) is 270 Å². The Kier molecular flexibility index (Phi) is 10.1. The number of anilines is 6. The van der Waals surface area contributed by atoms with Gasteiger partial charge in [0.25, 0.3) is 0 Å². The van der Waals surface area contributed by atoms with E-state index in [1.807, 2.05) is 6.20 Å². The smallest absolute Gasteiger partial charge is 0.0801 e. The molecule has 10 aromatic carbocycles. The van der Waals surface area contributed by atoms with Crippen LogP contribution in [0.4, 0.5) is 34.1 Å². The first-order valence-electron chi connectivity index (χ1n) is 22.8. The van der Waals surface area contributed by atoms with Gasteiger partial charge in [-0.1, -0.05) is 170 Å². The van der Waals surface area contributed by atoms with Crippen molar-refractivity contribution in [2.75, 3.05) is 9.80 Å². The van der Waals surface area contributed by atoms with Crippen LogP contribution in [0.15, 0.2) is 267 Å². The number of rotatable bonds is 9. The summed E-state index contributed by atoms with van der Waals surface area (Å²) in [6.45, 7) is 0. The molecular weight excluding hydrogens is 811 g/mol. The third kappa shape index (κ3) is 7.46. The topological polar surface area (TPSA) is 19.4 Å². The average molecular weight is 854 g/mol. The van der Waals surface area contributed by atoms with E-state index in [1.54, 1.807) is 0 Å². The van der Waals surface area contributed by atoms with E-state index in [4.69, 9.17) is 4.98 Å². The Morgan fingerprint density at radius 2 is 0.836 bits per heavy atom. The van der Waals surface area contributed by atoms with E-state index in [9.17, 15) is 0 Å². The zero-order valence-electron chi connectivity index (χ0n) is 36.7. The monoisotopic (exact) mass is 853 g/mol. The summed E-state index contributed by atoms with van der Waals surface area (Å²) in [4.78, 5) is 10.3. The Morgan fingerprint density at radius 1 is 0.343 bits per heavy atom. The number of pyridine rings is 1. The molecule has 0 unspecified atom stereocenters. The SMILES string of the molecule is C1=CC=C(c2ccccc2)C=CC=1c1c2cc(N(c3ccccc3)c3ccc4ccccc4c3)ccc2c(-c2ccccc2)c2cc(N(c3ccccc3)c3ccc4ccccc4c3)cnc12. The van der Waals surface area contributed by atoms with Crippen LogP contribution >= 0.6 is 0 Å². The van der Waals surface area contributed by atoms with Gasteiger partial charge in [0.2, 0.25) is 0 Å². The van der Waals surface area contributed by atoms with Crippen molar-refractivity contribution in [3.05, 3.63) is 278 Å². The van der Waals surface area contributed by atoms with E-state index >= 15 is 0 Å². The first kappa shape index (κ1) is 39.6. The average Bonchev–Trinajstić information content (AvgIpc) is 3.65. The number of benzene rings is 10. The van der Waals surface area contributed by atoms with E-state index in [1.165, 1.54) is 21.5 Å². The predicted molar refractivity (Wildman–Crippen MR) is 284 cm³/mol. The summed E-state index contributed by atoms with van der Waals surface area (Å²) in [5.41, 5.74) is 17.4. The van der Waals surface area contributed by atoms with Crippen molar-refractivity contribution in [3.63, 3.8) is 0 Å². The van der Waals surface area contributed by atoms with Gasteiger partial charge in [-0.2, -0.15) is 0 Å². The summed E-state index contributed by atoms with van der Waals surface area (Å²) < 4.78 is 0. The van der Waals surface area contributed by atoms with Gasteiger partial charge in [0.1, 0.15) is 0 Å². The maximum Gasteiger partial charge on any atom is 0.0801 e. The molecule has 1 aliphatic rings. The van der Waals surface area contributed by atoms with Crippen LogP contribution < -0.4 is 9.80 Å². The molecule has 0 fully saturated rings. The van der Waals surface area contributed by atoms with Crippen LogP contribution in [0.1, 0.15) is 11.1 Å². The largest absolute Gasteiger partial charge is 0.310 e. The predicted octanol–water partition coefficient (Wildman–Crippen LogP) is 17.5. The normalized spacial score (nSPS) is 12.3. The van der Waals surface area contributed by atoms with E-state index in [0.717, 1.165) is 89.2 Å². The molecule has 0 amide bonds. The van der Waals surface area contributed by atoms with Crippen molar-refractivity contribution in [3.8, 4) is 11.1 Å². The summed E-state index contributed by atoms with van der Waals surface area (Å²) >= 11 is 0. The number of aromatic nitrogens is 1. The maximum atomic E-state index is 5.58. The van der Waals surface area contributed by atoms with Crippen LogP contribution in [0.3, 0.4) is 0 Å². The molecule has 0 radical (unpaired) electrons. The quantitative estimate of drug-likeness (QED) is 0.107. The summed E-state index contributed by atoms with van der Waals surface area (Å²) in [5, 5.41) is 8.04. The third-order valence-corrected chi connectivity index (χ3v) is 12.8. The highest BCUT2D eigenvalue weighted by atomic mass is 15.2. The van der Waals surface area contributed by atoms with Crippen molar-refractivity contribution in [2.45, 2.75) is 0 Å². The number of fused-ring (bicyclic) bond motifs is 4. The van der Waals surface area contributed by atoms with Gasteiger partial charge in [0, 0.05) is 45.0 Å². The Balaban J connectivity index is 1.14. The molecular formula is C64H43N3. The Hall–Kier alpha value is -9.01. The minimum absolute atomic E-state index is 0.902. The van der Waals surface area contributed by atoms with Gasteiger partial charge in [0.05, 0.1) is 17.4 Å². The van der Waals surface area contributed by atoms with Crippen molar-refractivity contribution < 1.29 is 0 Å². The van der Waals surface area contributed by atoms with Gasteiger partial charge < -0.3 is 9.80 Å². The molecule has 0 atom stereocenters. The molecule has 3 heteroatoms. The Bertz CT molecular complexity index is 3770. The molecule has 1 heterocycles. The molecule has 11 aromatic rings. The third-order valence-electron chi connectivity index (χ3n) is 12.8. The Labute approximate surface area is 390 Å². The molecule has 3 nitrogen and oxygen atoms in total. The zero-order chi connectivity index (χ0) is 44.5. The molecule has 314 valence electrons. The second kappa shape index (κ2) is 17.2. The lowest BCUT2D eigenvalue weighted by atomic mass is 9.87. The molecule has 0 bridgehead atoms. The van der Waals surface area contributed by atoms with Crippen LogP contribution in [-0.4, -0.2) is 4.98 Å². The molecule has 67 heavy (non-hydrogen) atoms. The summed E-state index contributed by atoms with van der Waals surface area (Å²) in [6.07, 6.45) is 10.7. The molecule has 0 aliphatic heterocycles. The first-order valence-corrected chi connectivity index (χ1v) is 22.8. The summed E-state index contributed by atoms with van der Waals surface area (Å²) in [7, 11) is 0. The number of para-hydroxylation sites is 2.